The number of unbranched alkanes of at least 4 members (excludes halogenated alkanes) is 13. The summed E-state index contributed by atoms with van der Waals surface area (Å²) in [6.45, 7) is 4.11. The van der Waals surface area contributed by atoms with Crippen LogP contribution in [0.3, 0.4) is 0 Å². The van der Waals surface area contributed by atoms with E-state index in [0.717, 1.165) is 38.5 Å². The van der Waals surface area contributed by atoms with Gasteiger partial charge in [-0.15, -0.1) is 0 Å². The molecule has 0 aliphatic rings. The number of hydrogen-bond acceptors (Lipinski definition) is 8. The molecule has 0 saturated heterocycles. The molecule has 0 aromatic heterocycles. The molecular weight excluding hydrogens is 765 g/mol. The summed E-state index contributed by atoms with van der Waals surface area (Å²) in [5.41, 5.74) is 0. The third kappa shape index (κ3) is 43.3. The molecule has 10 nitrogen and oxygen atoms in total. The molecule has 0 heterocycles. The maximum atomic E-state index is 12.7. The van der Waals surface area contributed by atoms with Crippen LogP contribution in [-0.2, 0) is 32.7 Å². The van der Waals surface area contributed by atoms with Crippen LogP contribution in [-0.4, -0.2) is 86.1 Å². The molecule has 0 spiro atoms. The minimum atomic E-state index is -4.44. The van der Waals surface area contributed by atoms with Crippen LogP contribution in [0.25, 0.3) is 0 Å². The minimum Gasteiger partial charge on any atom is -0.462 e. The van der Waals surface area contributed by atoms with E-state index in [1.165, 1.54) is 77.0 Å². The summed E-state index contributed by atoms with van der Waals surface area (Å²) in [6.07, 6.45) is 45.6. The van der Waals surface area contributed by atoms with Gasteiger partial charge in [-0.2, -0.15) is 0 Å². The Morgan fingerprint density at radius 3 is 1.69 bits per heavy atom. The second kappa shape index (κ2) is 39.5. The fraction of sp³-hybridized carbons (Fsp3) is 0.708. The molecule has 0 aromatic carbocycles. The maximum Gasteiger partial charge on any atom is 0.472 e. The molecule has 2 N–H and O–H groups in total. The second-order valence-electron chi connectivity index (χ2n) is 16.3. The van der Waals surface area contributed by atoms with Crippen molar-refractivity contribution in [3.63, 3.8) is 0 Å². The monoisotopic (exact) mass is 851 g/mol. The van der Waals surface area contributed by atoms with Gasteiger partial charge in [0, 0.05) is 12.8 Å². The van der Waals surface area contributed by atoms with Crippen molar-refractivity contribution in [2.45, 2.75) is 174 Å². The first kappa shape index (κ1) is 56.4. The summed E-state index contributed by atoms with van der Waals surface area (Å²) in [6, 6.07) is 0. The van der Waals surface area contributed by atoms with Gasteiger partial charge < -0.3 is 24.0 Å². The van der Waals surface area contributed by atoms with E-state index >= 15 is 0 Å². The lowest BCUT2D eigenvalue weighted by atomic mass is 10.1. The Balaban J connectivity index is 4.62. The van der Waals surface area contributed by atoms with Crippen LogP contribution in [0.4, 0.5) is 0 Å². The first-order chi connectivity index (χ1) is 28.4. The Hall–Kier alpha value is -2.59. The number of allylic oxidation sites excluding steroid dienone is 11. The molecule has 0 radical (unpaired) electrons. The zero-order valence-corrected chi connectivity index (χ0v) is 38.7. The second-order valence-corrected chi connectivity index (χ2v) is 17.7. The zero-order chi connectivity index (χ0) is 43.7. The highest BCUT2D eigenvalue weighted by atomic mass is 31.2. The summed E-state index contributed by atoms with van der Waals surface area (Å²) < 4.78 is 34.1. The van der Waals surface area contributed by atoms with Crippen LogP contribution in [0.2, 0.25) is 0 Å². The van der Waals surface area contributed by atoms with Crippen LogP contribution in [0, 0.1) is 0 Å². The van der Waals surface area contributed by atoms with Crippen molar-refractivity contribution in [1.29, 1.82) is 0 Å². The number of phosphoric acid groups is 1. The number of carbonyl (C=O) groups excluding carboxylic acids is 2. The quantitative estimate of drug-likeness (QED) is 0.0155. The number of hydrogen-bond donors (Lipinski definition) is 2. The molecule has 11 heteroatoms. The van der Waals surface area contributed by atoms with Gasteiger partial charge in [-0.05, 0) is 70.6 Å². The predicted octanol–water partition coefficient (Wildman–Crippen LogP) is 12.0. The Morgan fingerprint density at radius 2 is 1.12 bits per heavy atom. The molecule has 0 aromatic rings. The summed E-state index contributed by atoms with van der Waals surface area (Å²) in [5, 5.41) is 10.3. The van der Waals surface area contributed by atoms with E-state index in [4.69, 9.17) is 18.5 Å². The molecule has 0 bridgehead atoms. The van der Waals surface area contributed by atoms with E-state index in [-0.39, 0.29) is 26.1 Å². The summed E-state index contributed by atoms with van der Waals surface area (Å²) in [7, 11) is 1.33. The van der Waals surface area contributed by atoms with Gasteiger partial charge in [0.2, 0.25) is 0 Å². The summed E-state index contributed by atoms with van der Waals surface area (Å²) in [4.78, 5) is 35.4. The Bertz CT molecular complexity index is 1250. The molecular formula is C48H85NO9P+. The lowest BCUT2D eigenvalue weighted by Crippen LogP contribution is -2.37. The average Bonchev–Trinajstić information content (AvgIpc) is 3.18. The highest BCUT2D eigenvalue weighted by molar-refractivity contribution is 7.47. The number of quaternary nitrogens is 1. The molecule has 0 aliphatic carbocycles. The first-order valence-electron chi connectivity index (χ1n) is 22.8. The number of nitrogens with zero attached hydrogens (tertiary/aromatic N) is 1. The highest BCUT2D eigenvalue weighted by Crippen LogP contribution is 2.43. The van der Waals surface area contributed by atoms with Gasteiger partial charge in [0.15, 0.2) is 6.10 Å². The first-order valence-corrected chi connectivity index (χ1v) is 24.3. The van der Waals surface area contributed by atoms with Gasteiger partial charge in [0.05, 0.1) is 33.9 Å². The number of likely N-dealkylation sites (N-methyl/N-ethyl adjacent to an activating group) is 1. The molecule has 0 amide bonds. The molecule has 0 fully saturated rings. The number of phosphoric ester groups is 1. The van der Waals surface area contributed by atoms with E-state index in [2.05, 4.69) is 56.4 Å². The Labute approximate surface area is 360 Å². The summed E-state index contributed by atoms with van der Waals surface area (Å²) >= 11 is 0. The molecule has 59 heavy (non-hydrogen) atoms. The number of esters is 2. The van der Waals surface area contributed by atoms with E-state index in [1.54, 1.807) is 12.2 Å². The van der Waals surface area contributed by atoms with Crippen molar-refractivity contribution in [2.24, 2.45) is 0 Å². The third-order valence-electron chi connectivity index (χ3n) is 9.31. The van der Waals surface area contributed by atoms with Crippen LogP contribution in [0.1, 0.15) is 162 Å². The Kier molecular flexibility index (Phi) is 37.8. The molecule has 3 atom stereocenters. The van der Waals surface area contributed by atoms with Crippen LogP contribution in [0.15, 0.2) is 72.9 Å². The lowest BCUT2D eigenvalue weighted by Gasteiger charge is -2.24. The van der Waals surface area contributed by atoms with Gasteiger partial charge in [0.1, 0.15) is 19.8 Å². The van der Waals surface area contributed by atoms with Crippen molar-refractivity contribution in [1.82, 2.24) is 0 Å². The van der Waals surface area contributed by atoms with Crippen molar-refractivity contribution in [2.75, 3.05) is 47.5 Å². The normalized spacial score (nSPS) is 14.8. The predicted molar refractivity (Wildman–Crippen MR) is 244 cm³/mol. The summed E-state index contributed by atoms with van der Waals surface area (Å²) in [5.74, 6) is -1.06. The van der Waals surface area contributed by atoms with E-state index < -0.39 is 38.6 Å². The van der Waals surface area contributed by atoms with Crippen molar-refractivity contribution in [3.8, 4) is 0 Å². The number of carbonyl (C=O) groups is 2. The number of aliphatic hydroxyl groups excluding tert-OH is 1. The van der Waals surface area contributed by atoms with Gasteiger partial charge in [-0.1, -0.05) is 151 Å². The zero-order valence-electron chi connectivity index (χ0n) is 37.8. The van der Waals surface area contributed by atoms with Crippen molar-refractivity contribution in [3.05, 3.63) is 72.9 Å². The third-order valence-corrected chi connectivity index (χ3v) is 10.3. The topological polar surface area (TPSA) is 129 Å². The molecule has 0 rings (SSSR count). The van der Waals surface area contributed by atoms with Crippen molar-refractivity contribution < 1.29 is 47.2 Å². The highest BCUT2D eigenvalue weighted by Gasteiger charge is 2.27. The fourth-order valence-corrected chi connectivity index (χ4v) is 6.43. The molecule has 340 valence electrons. The lowest BCUT2D eigenvalue weighted by molar-refractivity contribution is -0.870. The van der Waals surface area contributed by atoms with Gasteiger partial charge >= 0.3 is 19.8 Å². The Morgan fingerprint density at radius 1 is 0.610 bits per heavy atom. The largest absolute Gasteiger partial charge is 0.472 e. The van der Waals surface area contributed by atoms with Gasteiger partial charge in [0.25, 0.3) is 0 Å². The van der Waals surface area contributed by atoms with E-state index in [1.807, 2.05) is 39.4 Å². The van der Waals surface area contributed by atoms with Crippen LogP contribution < -0.4 is 0 Å². The standard InChI is InChI=1S/C48H84NO9P/c1-6-8-10-12-14-16-18-20-21-22-23-25-27-29-31-33-35-39-47(51)55-43-46(44-57-59(53,54)56-42-41-49(3,4)5)58-48(52)40-36-38-45(50)37-34-32-30-28-26-24-19-17-15-13-11-9-7-2/h20-21,23-26,29-32,34,37,45-46,50H,6-19,22,27-28,33,35-36,38-44H2,1-5H3/p+1/b21-20-,25-23-,26-24+,31-29-,32-30+,37-34+/t45?,46-/m1/s1. The molecule has 0 saturated carbocycles. The minimum absolute atomic E-state index is 0.00283. The molecule has 0 aliphatic heterocycles. The van der Waals surface area contributed by atoms with Crippen LogP contribution >= 0.6 is 7.82 Å². The smallest absolute Gasteiger partial charge is 0.462 e. The fourth-order valence-electron chi connectivity index (χ4n) is 5.68. The SMILES string of the molecule is CCCCCCCC/C=C\C/C=C\C/C=C\CCCC(=O)OC[C@H](COP(=O)(O)OCC[N+](C)(C)C)OC(=O)CCCC(O)/C=C/C=C/C/C=C/CCCCCCCC. The van der Waals surface area contributed by atoms with Crippen molar-refractivity contribution >= 4 is 19.8 Å². The number of ether oxygens (including phenoxy) is 2. The van der Waals surface area contributed by atoms with E-state index in [0.29, 0.717) is 30.3 Å². The number of rotatable bonds is 40. The van der Waals surface area contributed by atoms with Gasteiger partial charge in [-0.3, -0.25) is 18.6 Å². The average molecular weight is 851 g/mol. The van der Waals surface area contributed by atoms with Gasteiger partial charge in [-0.25, -0.2) is 4.57 Å². The van der Waals surface area contributed by atoms with Crippen LogP contribution in [0.5, 0.6) is 0 Å². The molecule has 2 unspecified atom stereocenters. The maximum absolute atomic E-state index is 12.7. The number of aliphatic hydroxyl groups is 1. The van der Waals surface area contributed by atoms with E-state index in [9.17, 15) is 24.2 Å².